The van der Waals surface area contributed by atoms with Crippen LogP contribution in [0.5, 0.6) is 0 Å². The highest BCUT2D eigenvalue weighted by Crippen LogP contribution is 2.26. The number of hydrogen-bond donors (Lipinski definition) is 1. The number of aryl methyl sites for hydroxylation is 2. The molecule has 1 aromatic rings. The van der Waals surface area contributed by atoms with E-state index in [1.807, 2.05) is 6.92 Å². The van der Waals surface area contributed by atoms with E-state index >= 15 is 0 Å². The minimum Gasteiger partial charge on any atom is -0.379 e. The molecular weight excluding hydrogens is 188 g/mol. The molecule has 82 valence electrons. The second kappa shape index (κ2) is 4.19. The molecule has 1 aromatic heterocycles. The third-order valence-corrected chi connectivity index (χ3v) is 2.94. The van der Waals surface area contributed by atoms with E-state index in [2.05, 4.69) is 29.4 Å². The van der Waals surface area contributed by atoms with Crippen LogP contribution in [0, 0.1) is 13.8 Å². The summed E-state index contributed by atoms with van der Waals surface area (Å²) in [7, 11) is 1.77. The molecule has 15 heavy (non-hydrogen) atoms. The van der Waals surface area contributed by atoms with Gasteiger partial charge in [0.2, 0.25) is 0 Å². The van der Waals surface area contributed by atoms with Crippen LogP contribution >= 0.6 is 0 Å². The van der Waals surface area contributed by atoms with Crippen LogP contribution in [0.1, 0.15) is 24.1 Å². The van der Waals surface area contributed by atoms with E-state index in [1.165, 1.54) is 12.0 Å². The number of methoxy groups -OCH3 is 1. The van der Waals surface area contributed by atoms with Crippen molar-refractivity contribution in [3.63, 3.8) is 0 Å². The fraction of sp³-hybridized carbons (Fsp3) is 0.583. The maximum atomic E-state index is 5.34. The molecule has 1 saturated carbocycles. The van der Waals surface area contributed by atoms with Gasteiger partial charge >= 0.3 is 0 Å². The molecule has 1 aliphatic rings. The molecule has 2 atom stereocenters. The summed E-state index contributed by atoms with van der Waals surface area (Å²) in [5, 5.41) is 3.42. The van der Waals surface area contributed by atoms with Crippen LogP contribution in [-0.2, 0) is 4.74 Å². The maximum Gasteiger partial charge on any atom is 0.126 e. The van der Waals surface area contributed by atoms with Gasteiger partial charge in [-0.05, 0) is 44.4 Å². The van der Waals surface area contributed by atoms with Gasteiger partial charge in [0.1, 0.15) is 5.82 Å². The fourth-order valence-corrected chi connectivity index (χ4v) is 2.02. The van der Waals surface area contributed by atoms with Crippen molar-refractivity contribution < 1.29 is 4.74 Å². The highest BCUT2D eigenvalue weighted by Gasteiger charge is 2.30. The van der Waals surface area contributed by atoms with Crippen LogP contribution in [0.3, 0.4) is 0 Å². The first kappa shape index (κ1) is 10.4. The van der Waals surface area contributed by atoms with Crippen LogP contribution in [0.15, 0.2) is 12.1 Å². The topological polar surface area (TPSA) is 34.1 Å². The van der Waals surface area contributed by atoms with Gasteiger partial charge in [-0.1, -0.05) is 0 Å². The van der Waals surface area contributed by atoms with E-state index < -0.39 is 0 Å². The van der Waals surface area contributed by atoms with Crippen LogP contribution in [0.2, 0.25) is 0 Å². The van der Waals surface area contributed by atoms with Crippen molar-refractivity contribution >= 4 is 5.82 Å². The Bertz CT molecular complexity index is 329. The Balaban J connectivity index is 2.04. The molecule has 0 radical (unpaired) electrons. The largest absolute Gasteiger partial charge is 0.379 e. The van der Waals surface area contributed by atoms with Crippen molar-refractivity contribution in [2.24, 2.45) is 0 Å². The van der Waals surface area contributed by atoms with E-state index in [0.717, 1.165) is 17.9 Å². The number of hydrogen-bond acceptors (Lipinski definition) is 3. The van der Waals surface area contributed by atoms with E-state index in [4.69, 9.17) is 4.74 Å². The van der Waals surface area contributed by atoms with Gasteiger partial charge in [-0.3, -0.25) is 0 Å². The molecule has 0 aliphatic heterocycles. The van der Waals surface area contributed by atoms with Crippen LogP contribution < -0.4 is 5.32 Å². The number of nitrogens with one attached hydrogen (secondary N) is 1. The lowest BCUT2D eigenvalue weighted by Crippen LogP contribution is -2.44. The average molecular weight is 206 g/mol. The Morgan fingerprint density at radius 3 is 2.67 bits per heavy atom. The van der Waals surface area contributed by atoms with Gasteiger partial charge in [-0.25, -0.2) is 4.98 Å². The smallest absolute Gasteiger partial charge is 0.126 e. The lowest BCUT2D eigenvalue weighted by molar-refractivity contribution is 0.0285. The summed E-state index contributed by atoms with van der Waals surface area (Å²) < 4.78 is 5.34. The number of anilines is 1. The predicted octanol–water partition coefficient (Wildman–Crippen LogP) is 2.29. The lowest BCUT2D eigenvalue weighted by Gasteiger charge is -2.36. The third kappa shape index (κ3) is 2.29. The maximum absolute atomic E-state index is 5.34. The summed E-state index contributed by atoms with van der Waals surface area (Å²) in [6.07, 6.45) is 2.68. The quantitative estimate of drug-likeness (QED) is 0.824. The third-order valence-electron chi connectivity index (χ3n) is 2.94. The van der Waals surface area contributed by atoms with Gasteiger partial charge in [0, 0.05) is 12.8 Å². The minimum absolute atomic E-state index is 0.354. The van der Waals surface area contributed by atoms with Crippen molar-refractivity contribution in [3.8, 4) is 0 Å². The molecule has 1 fully saturated rings. The molecule has 2 unspecified atom stereocenters. The second-order valence-electron chi connectivity index (χ2n) is 4.27. The fourth-order valence-electron chi connectivity index (χ4n) is 2.02. The minimum atomic E-state index is 0.354. The molecule has 0 spiro atoms. The molecule has 0 amide bonds. The van der Waals surface area contributed by atoms with Crippen molar-refractivity contribution in [2.45, 2.75) is 38.8 Å². The van der Waals surface area contributed by atoms with Crippen molar-refractivity contribution in [1.82, 2.24) is 4.98 Å². The normalized spacial score (nSPS) is 24.7. The number of ether oxygens (including phenoxy) is 1. The van der Waals surface area contributed by atoms with Crippen molar-refractivity contribution in [1.29, 1.82) is 0 Å². The Morgan fingerprint density at radius 1 is 1.33 bits per heavy atom. The zero-order valence-corrected chi connectivity index (χ0v) is 9.58. The zero-order chi connectivity index (χ0) is 10.8. The van der Waals surface area contributed by atoms with Crippen molar-refractivity contribution in [2.75, 3.05) is 12.4 Å². The Morgan fingerprint density at radius 2 is 2.13 bits per heavy atom. The van der Waals surface area contributed by atoms with Crippen LogP contribution in [0.25, 0.3) is 0 Å². The van der Waals surface area contributed by atoms with Gasteiger partial charge in [0.15, 0.2) is 0 Å². The molecule has 0 bridgehead atoms. The summed E-state index contributed by atoms with van der Waals surface area (Å²) in [5.74, 6) is 0.972. The Labute approximate surface area is 90.9 Å². The molecule has 2 rings (SSSR count). The molecule has 0 saturated heterocycles. The molecule has 1 N–H and O–H groups in total. The molecular formula is C12H18N2O. The summed E-state index contributed by atoms with van der Waals surface area (Å²) in [6.45, 7) is 4.11. The second-order valence-corrected chi connectivity index (χ2v) is 4.27. The Hall–Kier alpha value is -1.09. The van der Waals surface area contributed by atoms with Crippen LogP contribution in [-0.4, -0.2) is 24.2 Å². The number of aromatic nitrogens is 1. The molecule has 3 nitrogen and oxygen atoms in total. The highest BCUT2D eigenvalue weighted by atomic mass is 16.5. The SMILES string of the molecule is COC1CCC1Nc1cc(C)cc(C)n1. The first-order valence-electron chi connectivity index (χ1n) is 5.43. The first-order chi connectivity index (χ1) is 7.19. The average Bonchev–Trinajstić information content (AvgIpc) is 2.12. The lowest BCUT2D eigenvalue weighted by atomic mass is 9.89. The summed E-state index contributed by atoms with van der Waals surface area (Å²) >= 11 is 0. The Kier molecular flexibility index (Phi) is 2.91. The van der Waals surface area contributed by atoms with Gasteiger partial charge in [-0.2, -0.15) is 0 Å². The van der Waals surface area contributed by atoms with Crippen LogP contribution in [0.4, 0.5) is 5.82 Å². The van der Waals surface area contributed by atoms with E-state index in [1.54, 1.807) is 7.11 Å². The monoisotopic (exact) mass is 206 g/mol. The standard InChI is InChI=1S/C12H18N2O/c1-8-6-9(2)13-12(7-8)14-10-4-5-11(10)15-3/h6-7,10-11H,4-5H2,1-3H3,(H,13,14). The van der Waals surface area contributed by atoms with E-state index in [-0.39, 0.29) is 0 Å². The van der Waals surface area contributed by atoms with Gasteiger partial charge in [-0.15, -0.1) is 0 Å². The predicted molar refractivity (Wildman–Crippen MR) is 61.2 cm³/mol. The van der Waals surface area contributed by atoms with Crippen molar-refractivity contribution in [3.05, 3.63) is 23.4 Å². The number of pyridine rings is 1. The van der Waals surface area contributed by atoms with Gasteiger partial charge < -0.3 is 10.1 Å². The number of nitrogens with zero attached hydrogens (tertiary/aromatic N) is 1. The summed E-state index contributed by atoms with van der Waals surface area (Å²) in [5.41, 5.74) is 2.31. The van der Waals surface area contributed by atoms with Gasteiger partial charge in [0.05, 0.1) is 12.1 Å². The molecule has 1 heterocycles. The summed E-state index contributed by atoms with van der Waals surface area (Å²) in [4.78, 5) is 4.46. The van der Waals surface area contributed by atoms with E-state index in [9.17, 15) is 0 Å². The highest BCUT2D eigenvalue weighted by molar-refractivity contribution is 5.40. The molecule has 1 aliphatic carbocycles. The van der Waals surface area contributed by atoms with Gasteiger partial charge in [0.25, 0.3) is 0 Å². The number of rotatable bonds is 3. The molecule has 3 heteroatoms. The van der Waals surface area contributed by atoms with E-state index in [0.29, 0.717) is 12.1 Å². The molecule has 0 aromatic carbocycles. The zero-order valence-electron chi connectivity index (χ0n) is 9.58. The first-order valence-corrected chi connectivity index (χ1v) is 5.43. The summed E-state index contributed by atoms with van der Waals surface area (Å²) in [6, 6.07) is 4.60.